The summed E-state index contributed by atoms with van der Waals surface area (Å²) in [6.07, 6.45) is 6.36. The van der Waals surface area contributed by atoms with E-state index >= 15 is 0 Å². The van der Waals surface area contributed by atoms with Crippen molar-refractivity contribution in [2.75, 3.05) is 37.7 Å². The average Bonchev–Trinajstić information content (AvgIpc) is 2.98. The molecule has 1 amide bonds. The summed E-state index contributed by atoms with van der Waals surface area (Å²) in [5, 5.41) is 0. The molecule has 7 heteroatoms. The largest absolute Gasteiger partial charge is 0.466 e. The molecule has 0 spiro atoms. The highest BCUT2D eigenvalue weighted by Gasteiger charge is 2.33. The smallest absolute Gasteiger partial charge is 0.310 e. The van der Waals surface area contributed by atoms with E-state index in [-0.39, 0.29) is 17.8 Å². The molecule has 0 bridgehead atoms. The van der Waals surface area contributed by atoms with Crippen LogP contribution in [-0.2, 0) is 16.0 Å². The van der Waals surface area contributed by atoms with E-state index in [1.54, 1.807) is 11.1 Å². The van der Waals surface area contributed by atoms with Crippen LogP contribution in [0.2, 0.25) is 0 Å². The number of nitrogens with zero attached hydrogens (tertiary/aromatic N) is 4. The number of amides is 1. The SMILES string of the molecule is CCOC(=O)[C@@H]1CCCN(C(=O)c2cnc(-c3ccccc3)nc2N2CCC(Cc3ccccc3)CC2)C1. The van der Waals surface area contributed by atoms with Crippen molar-refractivity contribution >= 4 is 17.7 Å². The Kier molecular flexibility index (Phi) is 8.31. The fourth-order valence-corrected chi connectivity index (χ4v) is 5.57. The molecule has 0 radical (unpaired) electrons. The summed E-state index contributed by atoms with van der Waals surface area (Å²) in [5.74, 6) is 1.30. The first kappa shape index (κ1) is 25.9. The third kappa shape index (κ3) is 6.04. The maximum atomic E-state index is 13.8. The maximum absolute atomic E-state index is 13.8. The van der Waals surface area contributed by atoms with Gasteiger partial charge in [-0.05, 0) is 50.5 Å². The lowest BCUT2D eigenvalue weighted by Crippen LogP contribution is -2.44. The molecule has 2 fully saturated rings. The molecule has 2 aromatic carbocycles. The number of aromatic nitrogens is 2. The van der Waals surface area contributed by atoms with Gasteiger partial charge in [-0.2, -0.15) is 0 Å². The van der Waals surface area contributed by atoms with Gasteiger partial charge < -0.3 is 14.5 Å². The van der Waals surface area contributed by atoms with Crippen LogP contribution in [0.1, 0.15) is 48.5 Å². The van der Waals surface area contributed by atoms with Crippen LogP contribution >= 0.6 is 0 Å². The summed E-state index contributed by atoms with van der Waals surface area (Å²) in [7, 11) is 0. The van der Waals surface area contributed by atoms with Crippen molar-refractivity contribution in [3.05, 3.63) is 78.0 Å². The first-order chi connectivity index (χ1) is 18.6. The van der Waals surface area contributed by atoms with Crippen LogP contribution in [0.25, 0.3) is 11.4 Å². The number of likely N-dealkylation sites (tertiary alicyclic amines) is 1. The van der Waals surface area contributed by atoms with E-state index in [1.165, 1.54) is 5.56 Å². The van der Waals surface area contributed by atoms with Crippen LogP contribution < -0.4 is 4.90 Å². The van der Waals surface area contributed by atoms with E-state index < -0.39 is 0 Å². The van der Waals surface area contributed by atoms with E-state index in [0.717, 1.165) is 50.8 Å². The Balaban J connectivity index is 1.37. The first-order valence-corrected chi connectivity index (χ1v) is 13.8. The molecule has 0 unspecified atom stereocenters. The number of carbonyl (C=O) groups is 2. The lowest BCUT2D eigenvalue weighted by atomic mass is 9.90. The van der Waals surface area contributed by atoms with Crippen molar-refractivity contribution in [3.8, 4) is 11.4 Å². The summed E-state index contributed by atoms with van der Waals surface area (Å²) in [6, 6.07) is 20.5. The minimum Gasteiger partial charge on any atom is -0.466 e. The predicted molar refractivity (Wildman–Crippen MR) is 148 cm³/mol. The standard InChI is InChI=1S/C31H36N4O3/c1-2-38-31(37)26-14-9-17-35(22-26)30(36)27-21-32-28(25-12-7-4-8-13-25)33-29(27)34-18-15-24(16-19-34)20-23-10-5-3-6-11-23/h3-8,10-13,21,24,26H,2,9,14-20,22H2,1H3/t26-/m1/s1. The number of rotatable bonds is 7. The summed E-state index contributed by atoms with van der Waals surface area (Å²) in [6.45, 7) is 4.83. The lowest BCUT2D eigenvalue weighted by molar-refractivity contribution is -0.149. The van der Waals surface area contributed by atoms with Gasteiger partial charge in [0, 0.05) is 37.9 Å². The van der Waals surface area contributed by atoms with Crippen LogP contribution in [0.4, 0.5) is 5.82 Å². The van der Waals surface area contributed by atoms with Gasteiger partial charge in [0.15, 0.2) is 5.82 Å². The van der Waals surface area contributed by atoms with Crippen LogP contribution in [0.3, 0.4) is 0 Å². The number of hydrogen-bond donors (Lipinski definition) is 0. The molecule has 1 atom stereocenters. The molecule has 5 rings (SSSR count). The predicted octanol–water partition coefficient (Wildman–Crippen LogP) is 5.02. The van der Waals surface area contributed by atoms with Gasteiger partial charge >= 0.3 is 5.97 Å². The Morgan fingerprint density at radius 1 is 0.947 bits per heavy atom. The zero-order chi connectivity index (χ0) is 26.3. The van der Waals surface area contributed by atoms with Crippen molar-refractivity contribution in [1.29, 1.82) is 0 Å². The molecule has 0 saturated carbocycles. The maximum Gasteiger partial charge on any atom is 0.310 e. The number of ether oxygens (including phenoxy) is 1. The molecule has 2 saturated heterocycles. The highest BCUT2D eigenvalue weighted by molar-refractivity contribution is 5.99. The second-order valence-electron chi connectivity index (χ2n) is 10.3. The second-order valence-corrected chi connectivity index (χ2v) is 10.3. The highest BCUT2D eigenvalue weighted by Crippen LogP contribution is 2.30. The monoisotopic (exact) mass is 512 g/mol. The minimum atomic E-state index is -0.283. The van der Waals surface area contributed by atoms with Gasteiger partial charge in [-0.3, -0.25) is 9.59 Å². The second kappa shape index (κ2) is 12.2. The molecule has 3 heterocycles. The van der Waals surface area contributed by atoms with Gasteiger partial charge in [0.05, 0.1) is 12.5 Å². The van der Waals surface area contributed by atoms with E-state index in [4.69, 9.17) is 9.72 Å². The van der Waals surface area contributed by atoms with Crippen molar-refractivity contribution in [2.45, 2.75) is 39.0 Å². The van der Waals surface area contributed by atoms with Crippen LogP contribution in [0, 0.1) is 11.8 Å². The molecule has 38 heavy (non-hydrogen) atoms. The number of anilines is 1. The summed E-state index contributed by atoms with van der Waals surface area (Å²) in [5.41, 5.74) is 2.80. The van der Waals surface area contributed by atoms with E-state index in [0.29, 0.717) is 42.8 Å². The van der Waals surface area contributed by atoms with E-state index in [1.807, 2.05) is 37.3 Å². The van der Waals surface area contributed by atoms with Gasteiger partial charge in [0.1, 0.15) is 11.4 Å². The molecule has 2 aliphatic heterocycles. The van der Waals surface area contributed by atoms with E-state index in [2.05, 4.69) is 40.2 Å². The average molecular weight is 513 g/mol. The third-order valence-corrected chi connectivity index (χ3v) is 7.64. The Morgan fingerprint density at radius 3 is 2.37 bits per heavy atom. The van der Waals surface area contributed by atoms with Crippen molar-refractivity contribution in [1.82, 2.24) is 14.9 Å². The van der Waals surface area contributed by atoms with E-state index in [9.17, 15) is 9.59 Å². The molecule has 3 aromatic rings. The van der Waals surface area contributed by atoms with Gasteiger partial charge in [0.2, 0.25) is 0 Å². The molecule has 0 aliphatic carbocycles. The number of carbonyl (C=O) groups excluding carboxylic acids is 2. The summed E-state index contributed by atoms with van der Waals surface area (Å²) >= 11 is 0. The van der Waals surface area contributed by atoms with Crippen LogP contribution in [0.5, 0.6) is 0 Å². The molecule has 0 N–H and O–H groups in total. The van der Waals surface area contributed by atoms with Gasteiger partial charge in [-0.15, -0.1) is 0 Å². The molecule has 1 aromatic heterocycles. The van der Waals surface area contributed by atoms with Crippen molar-refractivity contribution in [3.63, 3.8) is 0 Å². The van der Waals surface area contributed by atoms with Gasteiger partial charge in [-0.1, -0.05) is 60.7 Å². The number of esters is 1. The van der Waals surface area contributed by atoms with Crippen molar-refractivity contribution in [2.24, 2.45) is 11.8 Å². The summed E-state index contributed by atoms with van der Waals surface area (Å²) < 4.78 is 5.24. The number of benzene rings is 2. The minimum absolute atomic E-state index is 0.111. The Bertz CT molecular complexity index is 1230. The fraction of sp³-hybridized carbons (Fsp3) is 0.419. The molecule has 7 nitrogen and oxygen atoms in total. The number of hydrogen-bond acceptors (Lipinski definition) is 6. The van der Waals surface area contributed by atoms with Crippen LogP contribution in [-0.4, -0.2) is 59.5 Å². The summed E-state index contributed by atoms with van der Waals surface area (Å²) in [4.78, 5) is 39.8. The van der Waals surface area contributed by atoms with Gasteiger partial charge in [-0.25, -0.2) is 9.97 Å². The first-order valence-electron chi connectivity index (χ1n) is 13.8. The quantitative estimate of drug-likeness (QED) is 0.414. The molecule has 198 valence electrons. The van der Waals surface area contributed by atoms with Crippen LogP contribution in [0.15, 0.2) is 66.9 Å². The van der Waals surface area contributed by atoms with Crippen molar-refractivity contribution < 1.29 is 14.3 Å². The molecule has 2 aliphatic rings. The Morgan fingerprint density at radius 2 is 1.66 bits per heavy atom. The zero-order valence-electron chi connectivity index (χ0n) is 22.1. The Hall–Kier alpha value is -3.74. The Labute approximate surface area is 224 Å². The lowest BCUT2D eigenvalue weighted by Gasteiger charge is -2.35. The fourth-order valence-electron chi connectivity index (χ4n) is 5.57. The van der Waals surface area contributed by atoms with Gasteiger partial charge in [0.25, 0.3) is 5.91 Å². The topological polar surface area (TPSA) is 75.6 Å². The highest BCUT2D eigenvalue weighted by atomic mass is 16.5. The normalized spacial score (nSPS) is 18.3. The molecular weight excluding hydrogens is 476 g/mol. The third-order valence-electron chi connectivity index (χ3n) is 7.64. The molecular formula is C31H36N4O3. The zero-order valence-corrected chi connectivity index (χ0v) is 22.1. The number of piperidine rings is 2.